The van der Waals surface area contributed by atoms with Crippen molar-refractivity contribution < 1.29 is 9.90 Å². The molecule has 4 rings (SSSR count). The highest BCUT2D eigenvalue weighted by Gasteiger charge is 2.30. The monoisotopic (exact) mass is 370 g/mol. The summed E-state index contributed by atoms with van der Waals surface area (Å²) in [4.78, 5) is 13.3. The quantitative estimate of drug-likeness (QED) is 0.809. The van der Waals surface area contributed by atoms with Crippen LogP contribution in [0, 0.1) is 5.41 Å². The predicted octanol–water partition coefficient (Wildman–Crippen LogP) is 4.89. The van der Waals surface area contributed by atoms with E-state index >= 15 is 0 Å². The molecule has 1 unspecified atom stereocenters. The van der Waals surface area contributed by atoms with Gasteiger partial charge in [0.2, 0.25) is 0 Å². The minimum atomic E-state index is -0.927. The van der Waals surface area contributed by atoms with E-state index in [0.29, 0.717) is 5.71 Å². The summed E-state index contributed by atoms with van der Waals surface area (Å²) >= 11 is 0. The van der Waals surface area contributed by atoms with Gasteiger partial charge in [0.05, 0.1) is 11.3 Å². The highest BCUT2D eigenvalue weighted by atomic mass is 16.4. The Morgan fingerprint density at radius 3 is 2.43 bits per heavy atom. The number of aromatic carboxylic acids is 1. The molecule has 0 saturated heterocycles. The van der Waals surface area contributed by atoms with Crippen molar-refractivity contribution in [1.82, 2.24) is 0 Å². The summed E-state index contributed by atoms with van der Waals surface area (Å²) in [6.45, 7) is 2.18. The minimum Gasteiger partial charge on any atom is -0.478 e. The van der Waals surface area contributed by atoms with Gasteiger partial charge in [-0.1, -0.05) is 31.2 Å². The molecule has 2 aliphatic carbocycles. The average Bonchev–Trinajstić information content (AvgIpc) is 2.68. The minimum absolute atomic E-state index is 0.178. The predicted molar refractivity (Wildman–Crippen MR) is 114 cm³/mol. The second-order valence-electron chi connectivity index (χ2n) is 7.45. The van der Waals surface area contributed by atoms with Crippen molar-refractivity contribution in [3.8, 4) is 0 Å². The van der Waals surface area contributed by atoms with Crippen LogP contribution in [-0.4, -0.2) is 30.9 Å². The van der Waals surface area contributed by atoms with Gasteiger partial charge in [0.25, 0.3) is 0 Å². The van der Waals surface area contributed by atoms with Crippen LogP contribution in [0.3, 0.4) is 0 Å². The number of nitrogens with one attached hydrogen (secondary N) is 1. The lowest BCUT2D eigenvalue weighted by molar-refractivity contribution is 0.0697. The summed E-state index contributed by atoms with van der Waals surface area (Å²) in [5.41, 5.74) is 8.60. The number of hydrogen-bond donors (Lipinski definition) is 2. The van der Waals surface area contributed by atoms with Crippen molar-refractivity contribution >= 4 is 22.9 Å². The number of hydrogen-bond acceptors (Lipinski definition) is 3. The molecular formula is C24H22N2O2. The smallest absolute Gasteiger partial charge is 0.335 e. The standard InChI is InChI=1S/C24H22N2O2/c1-14-21-12-17(25)8-10-19(21)23(15-4-6-16(7-5-15)24(27)28)20-11-9-18(26(2)3)13-22(14)20/h4-14,25H,1-3H3,(H,27,28). The lowest BCUT2D eigenvalue weighted by Gasteiger charge is -2.32. The third-order valence-electron chi connectivity index (χ3n) is 5.50. The van der Waals surface area contributed by atoms with Gasteiger partial charge in [0.1, 0.15) is 0 Å². The van der Waals surface area contributed by atoms with Gasteiger partial charge >= 0.3 is 5.97 Å². The fraction of sp³-hybridized carbons (Fsp3) is 0.167. The van der Waals surface area contributed by atoms with Gasteiger partial charge in [-0.05, 0) is 69.8 Å². The zero-order chi connectivity index (χ0) is 20.0. The third kappa shape index (κ3) is 2.87. The average molecular weight is 370 g/mol. The van der Waals surface area contributed by atoms with Crippen LogP contribution >= 0.6 is 0 Å². The molecule has 0 aliphatic heterocycles. The van der Waals surface area contributed by atoms with Crippen molar-refractivity contribution in [1.29, 1.82) is 5.41 Å². The summed E-state index contributed by atoms with van der Waals surface area (Å²) in [6, 6.07) is 13.5. The first-order valence-corrected chi connectivity index (χ1v) is 9.25. The number of anilines is 1. The molecule has 4 nitrogen and oxygen atoms in total. The van der Waals surface area contributed by atoms with Gasteiger partial charge in [-0.15, -0.1) is 0 Å². The Hall–Kier alpha value is -3.40. The van der Waals surface area contributed by atoms with Crippen LogP contribution in [-0.2, 0) is 0 Å². The highest BCUT2D eigenvalue weighted by molar-refractivity contribution is 6.07. The summed E-state index contributed by atoms with van der Waals surface area (Å²) in [5.74, 6) is -0.749. The van der Waals surface area contributed by atoms with E-state index in [0.717, 1.165) is 33.5 Å². The maximum absolute atomic E-state index is 11.2. The normalized spacial score (nSPS) is 17.8. The first-order valence-electron chi connectivity index (χ1n) is 9.25. The van der Waals surface area contributed by atoms with Gasteiger partial charge in [-0.25, -0.2) is 4.79 Å². The number of carboxylic acid groups (broad SMARTS) is 1. The van der Waals surface area contributed by atoms with Crippen LogP contribution in [0.4, 0.5) is 5.69 Å². The zero-order valence-corrected chi connectivity index (χ0v) is 16.2. The second kappa shape index (κ2) is 6.64. The summed E-state index contributed by atoms with van der Waals surface area (Å²) in [6.07, 6.45) is 5.77. The summed E-state index contributed by atoms with van der Waals surface area (Å²) in [5, 5.41) is 17.3. The summed E-state index contributed by atoms with van der Waals surface area (Å²) < 4.78 is 0. The first-order chi connectivity index (χ1) is 13.4. The molecule has 2 aromatic rings. The maximum Gasteiger partial charge on any atom is 0.335 e. The number of benzene rings is 2. The molecule has 4 heteroatoms. The molecule has 0 radical (unpaired) electrons. The van der Waals surface area contributed by atoms with Gasteiger partial charge in [0.15, 0.2) is 0 Å². The van der Waals surface area contributed by atoms with Crippen LogP contribution in [0.5, 0.6) is 0 Å². The lowest BCUT2D eigenvalue weighted by atomic mass is 9.72. The SMILES string of the molecule is CC1C2=CC(=N)C=CC2=C(c2ccc(C(=O)O)cc2)c2ccc(N(C)C)cc21. The molecule has 1 atom stereocenters. The Kier molecular flexibility index (Phi) is 4.27. The molecule has 140 valence electrons. The largest absolute Gasteiger partial charge is 0.478 e. The fourth-order valence-corrected chi connectivity index (χ4v) is 3.97. The number of nitrogens with zero attached hydrogens (tertiary/aromatic N) is 1. The number of allylic oxidation sites excluding steroid dienone is 5. The van der Waals surface area contributed by atoms with Crippen LogP contribution in [0.2, 0.25) is 0 Å². The van der Waals surface area contributed by atoms with E-state index < -0.39 is 5.97 Å². The highest BCUT2D eigenvalue weighted by Crippen LogP contribution is 2.47. The summed E-state index contributed by atoms with van der Waals surface area (Å²) in [7, 11) is 4.06. The number of carbonyl (C=O) groups is 1. The van der Waals surface area contributed by atoms with E-state index in [2.05, 4.69) is 30.0 Å². The van der Waals surface area contributed by atoms with Crippen LogP contribution < -0.4 is 4.90 Å². The molecular weight excluding hydrogens is 348 g/mol. The Bertz CT molecular complexity index is 1090. The molecule has 0 saturated carbocycles. The molecule has 28 heavy (non-hydrogen) atoms. The first kappa shape index (κ1) is 18.0. The van der Waals surface area contributed by atoms with Crippen LogP contribution in [0.1, 0.15) is 39.9 Å². The molecule has 0 aromatic heterocycles. The molecule has 0 fully saturated rings. The van der Waals surface area contributed by atoms with Crippen LogP contribution in [0.25, 0.3) is 5.57 Å². The Morgan fingerprint density at radius 2 is 1.79 bits per heavy atom. The Balaban J connectivity index is 1.98. The van der Waals surface area contributed by atoms with Crippen molar-refractivity contribution in [3.05, 3.63) is 94.1 Å². The number of carboxylic acids is 1. The molecule has 0 amide bonds. The molecule has 0 bridgehead atoms. The van der Waals surface area contributed by atoms with Gasteiger partial charge in [0, 0.05) is 25.7 Å². The van der Waals surface area contributed by atoms with Gasteiger partial charge < -0.3 is 15.4 Å². The van der Waals surface area contributed by atoms with Gasteiger partial charge in [-0.3, -0.25) is 0 Å². The molecule has 0 heterocycles. The third-order valence-corrected chi connectivity index (χ3v) is 5.50. The number of rotatable bonds is 3. The van der Waals surface area contributed by atoms with Crippen molar-refractivity contribution in [3.63, 3.8) is 0 Å². The Morgan fingerprint density at radius 1 is 1.07 bits per heavy atom. The maximum atomic E-state index is 11.2. The van der Waals surface area contributed by atoms with E-state index in [1.807, 2.05) is 44.5 Å². The molecule has 2 aliphatic rings. The molecule has 2 N–H and O–H groups in total. The Labute approximate surface area is 164 Å². The van der Waals surface area contributed by atoms with Crippen molar-refractivity contribution in [2.75, 3.05) is 19.0 Å². The van der Waals surface area contributed by atoms with Crippen molar-refractivity contribution in [2.24, 2.45) is 0 Å². The molecule has 2 aromatic carbocycles. The fourth-order valence-electron chi connectivity index (χ4n) is 3.97. The van der Waals surface area contributed by atoms with E-state index in [-0.39, 0.29) is 11.5 Å². The number of fused-ring (bicyclic) bond motifs is 2. The molecule has 0 spiro atoms. The zero-order valence-electron chi connectivity index (χ0n) is 16.2. The van der Waals surface area contributed by atoms with E-state index in [1.54, 1.807) is 12.1 Å². The van der Waals surface area contributed by atoms with E-state index in [9.17, 15) is 9.90 Å². The van der Waals surface area contributed by atoms with Crippen LogP contribution in [0.15, 0.2) is 71.8 Å². The van der Waals surface area contributed by atoms with E-state index in [4.69, 9.17) is 5.41 Å². The topological polar surface area (TPSA) is 64.4 Å². The van der Waals surface area contributed by atoms with Crippen molar-refractivity contribution in [2.45, 2.75) is 12.8 Å². The lowest BCUT2D eigenvalue weighted by Crippen LogP contribution is -2.17. The van der Waals surface area contributed by atoms with E-state index in [1.165, 1.54) is 5.56 Å². The van der Waals surface area contributed by atoms with Gasteiger partial charge in [-0.2, -0.15) is 0 Å². The second-order valence-corrected chi connectivity index (χ2v) is 7.45.